The Morgan fingerprint density at radius 1 is 1.14 bits per heavy atom. The highest BCUT2D eigenvalue weighted by Gasteiger charge is 2.08. The first kappa shape index (κ1) is 15.6. The quantitative estimate of drug-likeness (QED) is 0.831. The molecule has 4 nitrogen and oxygen atoms in total. The van der Waals surface area contributed by atoms with E-state index in [1.807, 2.05) is 24.4 Å². The predicted molar refractivity (Wildman–Crippen MR) is 92.0 cm³/mol. The lowest BCUT2D eigenvalue weighted by Crippen LogP contribution is -2.32. The van der Waals surface area contributed by atoms with E-state index in [0.29, 0.717) is 0 Å². The van der Waals surface area contributed by atoms with Gasteiger partial charge in [0.25, 0.3) is 0 Å². The summed E-state index contributed by atoms with van der Waals surface area (Å²) in [6.45, 7) is 5.56. The van der Waals surface area contributed by atoms with Crippen molar-refractivity contribution in [1.82, 2.24) is 20.2 Å². The van der Waals surface area contributed by atoms with Crippen LogP contribution >= 0.6 is 11.3 Å². The van der Waals surface area contributed by atoms with E-state index in [-0.39, 0.29) is 0 Å². The minimum Gasteiger partial charge on any atom is -0.310 e. The maximum Gasteiger partial charge on any atom is 0.142 e. The number of thiazole rings is 1. The van der Waals surface area contributed by atoms with Gasteiger partial charge in [0.15, 0.2) is 0 Å². The molecule has 1 aliphatic heterocycles. The van der Waals surface area contributed by atoms with E-state index in [0.717, 1.165) is 36.0 Å². The van der Waals surface area contributed by atoms with Gasteiger partial charge in [-0.1, -0.05) is 18.9 Å². The number of likely N-dealkylation sites (tertiary alicyclic amines) is 1. The Balaban J connectivity index is 1.41. The Hall–Kier alpha value is -1.30. The first-order valence-corrected chi connectivity index (χ1v) is 9.09. The third-order valence-corrected chi connectivity index (χ3v) is 4.96. The number of hydrogen-bond donors (Lipinski definition) is 1. The molecule has 22 heavy (non-hydrogen) atoms. The second-order valence-corrected chi connectivity index (χ2v) is 6.65. The average Bonchev–Trinajstić information content (AvgIpc) is 2.88. The van der Waals surface area contributed by atoms with Crippen molar-refractivity contribution >= 4 is 11.3 Å². The zero-order valence-electron chi connectivity index (χ0n) is 13.0. The number of nitrogens with zero attached hydrogens (tertiary/aromatic N) is 3. The third kappa shape index (κ3) is 4.60. The molecule has 1 saturated heterocycles. The van der Waals surface area contributed by atoms with Gasteiger partial charge < -0.3 is 10.2 Å². The second-order valence-electron chi connectivity index (χ2n) is 5.79. The number of rotatable bonds is 6. The van der Waals surface area contributed by atoms with Crippen molar-refractivity contribution in [2.45, 2.75) is 32.2 Å². The van der Waals surface area contributed by atoms with Crippen LogP contribution in [0.25, 0.3) is 10.7 Å². The number of aromatic nitrogens is 2. The molecule has 2 aromatic rings. The highest BCUT2D eigenvalue weighted by atomic mass is 32.1. The molecular weight excluding hydrogens is 292 g/mol. The Bertz CT molecular complexity index is 547. The van der Waals surface area contributed by atoms with Crippen molar-refractivity contribution in [2.24, 2.45) is 0 Å². The van der Waals surface area contributed by atoms with Gasteiger partial charge in [-0.25, -0.2) is 4.98 Å². The van der Waals surface area contributed by atoms with Crippen LogP contribution in [0.2, 0.25) is 0 Å². The molecule has 0 amide bonds. The molecular formula is C17H24N4S. The molecule has 0 unspecified atom stereocenters. The molecule has 3 heterocycles. The number of nitrogens with one attached hydrogen (secondary N) is 1. The van der Waals surface area contributed by atoms with Crippen LogP contribution in [0.15, 0.2) is 29.8 Å². The van der Waals surface area contributed by atoms with Crippen molar-refractivity contribution in [3.05, 3.63) is 35.5 Å². The highest BCUT2D eigenvalue weighted by Crippen LogP contribution is 2.21. The van der Waals surface area contributed by atoms with Crippen LogP contribution < -0.4 is 5.32 Å². The molecule has 0 aromatic carbocycles. The van der Waals surface area contributed by atoms with E-state index in [2.05, 4.69) is 25.6 Å². The van der Waals surface area contributed by atoms with E-state index < -0.39 is 0 Å². The standard InChI is InChI=1S/C17H24N4S/c1-2-6-11-21(10-5-1)12-9-18-13-15-14-22-17(20-15)16-7-3-4-8-19-16/h3-4,7-8,14,18H,1-2,5-6,9-13H2. The van der Waals surface area contributed by atoms with Crippen LogP contribution in [-0.4, -0.2) is 41.0 Å². The predicted octanol–water partition coefficient (Wildman–Crippen LogP) is 3.17. The van der Waals surface area contributed by atoms with Gasteiger partial charge in [0, 0.05) is 31.2 Å². The summed E-state index contributed by atoms with van der Waals surface area (Å²) in [4.78, 5) is 11.6. The van der Waals surface area contributed by atoms with Gasteiger partial charge in [0.05, 0.1) is 11.4 Å². The maximum atomic E-state index is 4.66. The largest absolute Gasteiger partial charge is 0.310 e. The molecule has 0 atom stereocenters. The molecule has 1 N–H and O–H groups in total. The maximum absolute atomic E-state index is 4.66. The average molecular weight is 316 g/mol. The van der Waals surface area contributed by atoms with E-state index in [1.54, 1.807) is 11.3 Å². The molecule has 0 spiro atoms. The normalized spacial score (nSPS) is 16.5. The van der Waals surface area contributed by atoms with Crippen LogP contribution in [0.4, 0.5) is 0 Å². The fraction of sp³-hybridized carbons (Fsp3) is 0.529. The van der Waals surface area contributed by atoms with Crippen molar-refractivity contribution in [1.29, 1.82) is 0 Å². The summed E-state index contributed by atoms with van der Waals surface area (Å²) in [6, 6.07) is 5.95. The van der Waals surface area contributed by atoms with E-state index in [4.69, 9.17) is 0 Å². The zero-order chi connectivity index (χ0) is 15.0. The van der Waals surface area contributed by atoms with Crippen LogP contribution in [-0.2, 0) is 6.54 Å². The van der Waals surface area contributed by atoms with Crippen molar-refractivity contribution in [3.8, 4) is 10.7 Å². The van der Waals surface area contributed by atoms with Crippen molar-refractivity contribution < 1.29 is 0 Å². The molecule has 2 aromatic heterocycles. The molecule has 5 heteroatoms. The van der Waals surface area contributed by atoms with Gasteiger partial charge in [-0.15, -0.1) is 11.3 Å². The monoisotopic (exact) mass is 316 g/mol. The number of hydrogen-bond acceptors (Lipinski definition) is 5. The van der Waals surface area contributed by atoms with E-state index in [9.17, 15) is 0 Å². The van der Waals surface area contributed by atoms with Gasteiger partial charge in [-0.3, -0.25) is 4.98 Å². The molecule has 0 aliphatic carbocycles. The van der Waals surface area contributed by atoms with Gasteiger partial charge in [0.1, 0.15) is 5.01 Å². The lowest BCUT2D eigenvalue weighted by Gasteiger charge is -2.19. The van der Waals surface area contributed by atoms with Gasteiger partial charge in [0.2, 0.25) is 0 Å². The van der Waals surface area contributed by atoms with E-state index >= 15 is 0 Å². The molecule has 1 fully saturated rings. The summed E-state index contributed by atoms with van der Waals surface area (Å²) in [5.74, 6) is 0. The smallest absolute Gasteiger partial charge is 0.142 e. The Morgan fingerprint density at radius 3 is 2.77 bits per heavy atom. The summed E-state index contributed by atoms with van der Waals surface area (Å²) in [5.41, 5.74) is 2.07. The molecule has 3 rings (SSSR count). The van der Waals surface area contributed by atoms with Gasteiger partial charge in [-0.05, 0) is 38.1 Å². The summed E-state index contributed by atoms with van der Waals surface area (Å²) in [7, 11) is 0. The van der Waals surface area contributed by atoms with Crippen LogP contribution in [0.3, 0.4) is 0 Å². The topological polar surface area (TPSA) is 41.1 Å². The molecule has 0 saturated carbocycles. The lowest BCUT2D eigenvalue weighted by molar-refractivity contribution is 0.284. The fourth-order valence-electron chi connectivity index (χ4n) is 2.81. The summed E-state index contributed by atoms with van der Waals surface area (Å²) < 4.78 is 0. The van der Waals surface area contributed by atoms with Gasteiger partial charge in [-0.2, -0.15) is 0 Å². The molecule has 118 valence electrons. The fourth-order valence-corrected chi connectivity index (χ4v) is 3.60. The van der Waals surface area contributed by atoms with Crippen molar-refractivity contribution in [3.63, 3.8) is 0 Å². The molecule has 0 bridgehead atoms. The molecule has 0 radical (unpaired) electrons. The zero-order valence-corrected chi connectivity index (χ0v) is 13.8. The van der Waals surface area contributed by atoms with Gasteiger partial charge >= 0.3 is 0 Å². The first-order valence-electron chi connectivity index (χ1n) is 8.21. The Kier molecular flexibility index (Phi) is 5.93. The number of pyridine rings is 1. The first-order chi connectivity index (χ1) is 10.9. The third-order valence-electron chi connectivity index (χ3n) is 4.05. The molecule has 1 aliphatic rings. The SMILES string of the molecule is c1ccc(-c2nc(CNCCN3CCCCCC3)cs2)nc1. The van der Waals surface area contributed by atoms with Crippen molar-refractivity contribution in [2.75, 3.05) is 26.2 Å². The minimum atomic E-state index is 0.844. The van der Waals surface area contributed by atoms with Crippen LogP contribution in [0.1, 0.15) is 31.4 Å². The second kappa shape index (κ2) is 8.36. The summed E-state index contributed by atoms with van der Waals surface area (Å²) in [5, 5.41) is 6.65. The minimum absolute atomic E-state index is 0.844. The van der Waals surface area contributed by atoms with E-state index in [1.165, 1.54) is 38.8 Å². The highest BCUT2D eigenvalue weighted by molar-refractivity contribution is 7.13. The van der Waals surface area contributed by atoms with Crippen LogP contribution in [0, 0.1) is 0 Å². The van der Waals surface area contributed by atoms with Crippen LogP contribution in [0.5, 0.6) is 0 Å². The Labute approximate surface area is 136 Å². The Morgan fingerprint density at radius 2 is 2.00 bits per heavy atom. The lowest BCUT2D eigenvalue weighted by atomic mass is 10.2. The summed E-state index contributed by atoms with van der Waals surface area (Å²) in [6.07, 6.45) is 7.34. The summed E-state index contributed by atoms with van der Waals surface area (Å²) >= 11 is 1.67.